The van der Waals surface area contributed by atoms with Gasteiger partial charge in [-0.25, -0.2) is 4.52 Å². The van der Waals surface area contributed by atoms with E-state index in [1.807, 2.05) is 47.2 Å². The number of benzene rings is 1. The molecule has 1 N–H and O–H groups in total. The number of nitrogens with zero attached hydrogens (tertiary/aromatic N) is 2. The molecule has 102 valence electrons. The normalized spacial score (nSPS) is 10.7. The SMILES string of the molecule is COc1ccc(NCc2cnn3ccccc23)cc1Br. The highest BCUT2D eigenvalue weighted by molar-refractivity contribution is 9.10. The second-order valence-electron chi connectivity index (χ2n) is 4.40. The molecule has 3 rings (SSSR count). The number of pyridine rings is 1. The van der Waals surface area contributed by atoms with Gasteiger partial charge in [-0.3, -0.25) is 0 Å². The summed E-state index contributed by atoms with van der Waals surface area (Å²) in [7, 11) is 1.66. The fourth-order valence-electron chi connectivity index (χ4n) is 2.10. The number of hydrogen-bond donors (Lipinski definition) is 1. The van der Waals surface area contributed by atoms with Gasteiger partial charge in [-0.05, 0) is 46.3 Å². The third-order valence-corrected chi connectivity index (χ3v) is 3.76. The van der Waals surface area contributed by atoms with Crippen LogP contribution in [0.25, 0.3) is 5.52 Å². The highest BCUT2D eigenvalue weighted by Crippen LogP contribution is 2.28. The Hall–Kier alpha value is -2.01. The van der Waals surface area contributed by atoms with Gasteiger partial charge in [0.05, 0.1) is 23.3 Å². The van der Waals surface area contributed by atoms with E-state index in [0.717, 1.165) is 33.5 Å². The number of hydrogen-bond acceptors (Lipinski definition) is 3. The largest absolute Gasteiger partial charge is 0.496 e. The van der Waals surface area contributed by atoms with Gasteiger partial charge in [0.15, 0.2) is 0 Å². The third kappa shape index (κ3) is 2.49. The Balaban J connectivity index is 1.78. The Labute approximate surface area is 125 Å². The van der Waals surface area contributed by atoms with E-state index >= 15 is 0 Å². The highest BCUT2D eigenvalue weighted by Gasteiger charge is 2.04. The minimum atomic E-state index is 0.728. The molecule has 1 aromatic carbocycles. The first-order chi connectivity index (χ1) is 9.78. The molecule has 3 aromatic rings. The van der Waals surface area contributed by atoms with Gasteiger partial charge in [-0.2, -0.15) is 5.10 Å². The number of rotatable bonds is 4. The number of methoxy groups -OCH3 is 1. The van der Waals surface area contributed by atoms with Crippen LogP contribution in [0, 0.1) is 0 Å². The van der Waals surface area contributed by atoms with Gasteiger partial charge in [-0.1, -0.05) is 6.07 Å². The fraction of sp³-hybridized carbons (Fsp3) is 0.133. The summed E-state index contributed by atoms with van der Waals surface area (Å²) >= 11 is 3.48. The molecule has 2 heterocycles. The van der Waals surface area contributed by atoms with E-state index in [4.69, 9.17) is 4.74 Å². The summed E-state index contributed by atoms with van der Waals surface area (Å²) in [5, 5.41) is 7.72. The molecule has 0 bridgehead atoms. The first-order valence-corrected chi connectivity index (χ1v) is 7.06. The van der Waals surface area contributed by atoms with Crippen molar-refractivity contribution in [2.45, 2.75) is 6.54 Å². The van der Waals surface area contributed by atoms with Gasteiger partial charge < -0.3 is 10.1 Å². The molecule has 2 aromatic heterocycles. The van der Waals surface area contributed by atoms with Crippen LogP contribution in [0.1, 0.15) is 5.56 Å². The topological polar surface area (TPSA) is 38.6 Å². The summed E-state index contributed by atoms with van der Waals surface area (Å²) < 4.78 is 8.03. The smallest absolute Gasteiger partial charge is 0.133 e. The van der Waals surface area contributed by atoms with Crippen LogP contribution in [-0.2, 0) is 6.54 Å². The van der Waals surface area contributed by atoms with Crippen molar-refractivity contribution in [3.63, 3.8) is 0 Å². The number of halogens is 1. The molecule has 0 spiro atoms. The fourth-order valence-corrected chi connectivity index (χ4v) is 2.64. The van der Waals surface area contributed by atoms with Gasteiger partial charge in [0.2, 0.25) is 0 Å². The van der Waals surface area contributed by atoms with Gasteiger partial charge in [-0.15, -0.1) is 0 Å². The molecule has 0 unspecified atom stereocenters. The Bertz CT molecular complexity index is 739. The number of ether oxygens (including phenoxy) is 1. The van der Waals surface area contributed by atoms with Gasteiger partial charge in [0.1, 0.15) is 5.75 Å². The quantitative estimate of drug-likeness (QED) is 0.791. The zero-order valence-electron chi connectivity index (χ0n) is 11.0. The summed E-state index contributed by atoms with van der Waals surface area (Å²) in [6, 6.07) is 12.0. The Morgan fingerprint density at radius 2 is 2.20 bits per heavy atom. The van der Waals surface area contributed by atoms with Gasteiger partial charge in [0.25, 0.3) is 0 Å². The van der Waals surface area contributed by atoms with E-state index in [9.17, 15) is 0 Å². The zero-order chi connectivity index (χ0) is 13.9. The maximum atomic E-state index is 5.22. The molecule has 0 saturated carbocycles. The molecule has 5 heteroatoms. The minimum absolute atomic E-state index is 0.728. The van der Waals surface area contributed by atoms with Crippen LogP contribution in [0.2, 0.25) is 0 Å². The maximum Gasteiger partial charge on any atom is 0.133 e. The molecule has 0 saturated heterocycles. The molecule has 20 heavy (non-hydrogen) atoms. The monoisotopic (exact) mass is 331 g/mol. The van der Waals surface area contributed by atoms with E-state index < -0.39 is 0 Å². The molecule has 0 atom stereocenters. The Morgan fingerprint density at radius 1 is 1.30 bits per heavy atom. The predicted octanol–water partition coefficient (Wildman–Crippen LogP) is 3.72. The number of nitrogens with one attached hydrogen (secondary N) is 1. The lowest BCUT2D eigenvalue weighted by Gasteiger charge is -2.08. The first kappa shape index (κ1) is 13.0. The summed E-state index contributed by atoms with van der Waals surface area (Å²) in [5.74, 6) is 0.825. The molecule has 4 nitrogen and oxygen atoms in total. The van der Waals surface area contributed by atoms with Crippen LogP contribution in [0.15, 0.2) is 53.3 Å². The van der Waals surface area contributed by atoms with Crippen molar-refractivity contribution in [2.24, 2.45) is 0 Å². The van der Waals surface area contributed by atoms with Crippen molar-refractivity contribution < 1.29 is 4.74 Å². The zero-order valence-corrected chi connectivity index (χ0v) is 12.6. The van der Waals surface area contributed by atoms with Crippen LogP contribution < -0.4 is 10.1 Å². The Morgan fingerprint density at radius 3 is 3.00 bits per heavy atom. The van der Waals surface area contributed by atoms with E-state index in [0.29, 0.717) is 0 Å². The average Bonchev–Trinajstić information content (AvgIpc) is 2.88. The standard InChI is InChI=1S/C15H14BrN3O/c1-20-15-6-5-12(8-13(15)16)17-9-11-10-18-19-7-3-2-4-14(11)19/h2-8,10,17H,9H2,1H3. The van der Waals surface area contributed by atoms with E-state index in [2.05, 4.69) is 32.4 Å². The number of aromatic nitrogens is 2. The lowest BCUT2D eigenvalue weighted by Crippen LogP contribution is -1.99. The average molecular weight is 332 g/mol. The van der Waals surface area contributed by atoms with E-state index in [1.165, 1.54) is 0 Å². The van der Waals surface area contributed by atoms with Crippen molar-refractivity contribution >= 4 is 27.1 Å². The highest BCUT2D eigenvalue weighted by atomic mass is 79.9. The molecular weight excluding hydrogens is 318 g/mol. The second kappa shape index (κ2) is 5.54. The van der Waals surface area contributed by atoms with Crippen LogP contribution in [0.3, 0.4) is 0 Å². The van der Waals surface area contributed by atoms with Crippen molar-refractivity contribution in [2.75, 3.05) is 12.4 Å². The second-order valence-corrected chi connectivity index (χ2v) is 5.26. The van der Waals surface area contributed by atoms with Crippen LogP contribution >= 0.6 is 15.9 Å². The lowest BCUT2D eigenvalue weighted by molar-refractivity contribution is 0.412. The first-order valence-electron chi connectivity index (χ1n) is 6.26. The maximum absolute atomic E-state index is 5.22. The lowest BCUT2D eigenvalue weighted by atomic mass is 10.2. The minimum Gasteiger partial charge on any atom is -0.496 e. The summed E-state index contributed by atoms with van der Waals surface area (Å²) in [4.78, 5) is 0. The number of fused-ring (bicyclic) bond motifs is 1. The molecule has 0 radical (unpaired) electrons. The molecular formula is C15H14BrN3O. The molecule has 0 aliphatic carbocycles. The predicted molar refractivity (Wildman–Crippen MR) is 83.2 cm³/mol. The van der Waals surface area contributed by atoms with Gasteiger partial charge in [0, 0.05) is 24.0 Å². The van der Waals surface area contributed by atoms with E-state index in [1.54, 1.807) is 7.11 Å². The van der Waals surface area contributed by atoms with Crippen LogP contribution in [0.4, 0.5) is 5.69 Å². The van der Waals surface area contributed by atoms with E-state index in [-0.39, 0.29) is 0 Å². The molecule has 0 aliphatic heterocycles. The third-order valence-electron chi connectivity index (χ3n) is 3.14. The van der Waals surface area contributed by atoms with Gasteiger partial charge >= 0.3 is 0 Å². The molecule has 0 aliphatic rings. The molecule has 0 fully saturated rings. The van der Waals surface area contributed by atoms with Crippen LogP contribution in [0.5, 0.6) is 5.75 Å². The summed E-state index contributed by atoms with van der Waals surface area (Å²) in [5.41, 5.74) is 3.32. The summed E-state index contributed by atoms with van der Waals surface area (Å²) in [6.07, 6.45) is 3.84. The van der Waals surface area contributed by atoms with Crippen molar-refractivity contribution in [3.05, 3.63) is 58.8 Å². The van der Waals surface area contributed by atoms with Crippen molar-refractivity contribution in [3.8, 4) is 5.75 Å². The van der Waals surface area contributed by atoms with Crippen molar-refractivity contribution in [1.29, 1.82) is 0 Å². The summed E-state index contributed by atoms with van der Waals surface area (Å²) in [6.45, 7) is 0.728. The number of anilines is 1. The Kier molecular flexibility index (Phi) is 3.60. The van der Waals surface area contributed by atoms with Crippen LogP contribution in [-0.4, -0.2) is 16.7 Å². The molecule has 0 amide bonds. The van der Waals surface area contributed by atoms with Crippen molar-refractivity contribution in [1.82, 2.24) is 9.61 Å².